The molecule has 0 atom stereocenters. The summed E-state index contributed by atoms with van der Waals surface area (Å²) >= 11 is 17.4. The van der Waals surface area contributed by atoms with Gasteiger partial charge in [-0.05, 0) is 72.7 Å². The number of hydrogen-bond donors (Lipinski definition) is 3. The molecule has 3 rings (SSSR count). The van der Waals surface area contributed by atoms with E-state index in [1.807, 2.05) is 12.1 Å². The molecule has 0 aromatic heterocycles. The van der Waals surface area contributed by atoms with Crippen LogP contribution in [0.5, 0.6) is 11.5 Å². The molecule has 0 amide bonds. The van der Waals surface area contributed by atoms with E-state index in [2.05, 4.69) is 16.0 Å². The maximum atomic E-state index is 13.3. The number of alkyl halides is 3. The predicted molar refractivity (Wildman–Crippen MR) is 139 cm³/mol. The van der Waals surface area contributed by atoms with Crippen molar-refractivity contribution >= 4 is 57.6 Å². The summed E-state index contributed by atoms with van der Waals surface area (Å²) in [7, 11) is 3.10. The van der Waals surface area contributed by atoms with Gasteiger partial charge in [-0.25, -0.2) is 0 Å². The summed E-state index contributed by atoms with van der Waals surface area (Å²) in [6.45, 7) is 0.440. The molecule has 0 bridgehead atoms. The zero-order chi connectivity index (χ0) is 25.6. The number of hydrogen-bond acceptors (Lipinski definition) is 4. The lowest BCUT2D eigenvalue weighted by Gasteiger charge is -2.18. The van der Waals surface area contributed by atoms with E-state index in [1.165, 1.54) is 6.07 Å². The third-order valence-electron chi connectivity index (χ3n) is 4.95. The monoisotopic (exact) mass is 543 g/mol. The number of anilines is 3. The SMILES string of the molecule is COc1ccc(CCNc2ccc(C(F)(F)F)cc2NC(=S)Nc2cc(Cl)ccc2Cl)cc1OC. The minimum absolute atomic E-state index is 0.0523. The van der Waals surface area contributed by atoms with Gasteiger partial charge in [-0.15, -0.1) is 0 Å². The predicted octanol–water partition coefficient (Wildman–Crippen LogP) is 7.49. The fraction of sp³-hybridized carbons (Fsp3) is 0.208. The topological polar surface area (TPSA) is 54.5 Å². The lowest BCUT2D eigenvalue weighted by Crippen LogP contribution is -2.21. The Morgan fingerprint density at radius 1 is 0.857 bits per heavy atom. The first-order valence-corrected chi connectivity index (χ1v) is 11.5. The molecule has 0 radical (unpaired) electrons. The first-order valence-electron chi connectivity index (χ1n) is 10.3. The van der Waals surface area contributed by atoms with Gasteiger partial charge in [0.05, 0.1) is 41.9 Å². The van der Waals surface area contributed by atoms with E-state index in [-0.39, 0.29) is 10.8 Å². The molecule has 0 fully saturated rings. The highest BCUT2D eigenvalue weighted by atomic mass is 35.5. The molecule has 186 valence electrons. The molecule has 35 heavy (non-hydrogen) atoms. The van der Waals surface area contributed by atoms with Crippen LogP contribution >= 0.6 is 35.4 Å². The van der Waals surface area contributed by atoms with Crippen molar-refractivity contribution < 1.29 is 22.6 Å². The number of halogens is 5. The van der Waals surface area contributed by atoms with Crippen molar-refractivity contribution in [3.8, 4) is 11.5 Å². The van der Waals surface area contributed by atoms with Crippen LogP contribution in [0.4, 0.5) is 30.2 Å². The Morgan fingerprint density at radius 2 is 1.57 bits per heavy atom. The van der Waals surface area contributed by atoms with Gasteiger partial charge >= 0.3 is 6.18 Å². The fourth-order valence-electron chi connectivity index (χ4n) is 3.22. The van der Waals surface area contributed by atoms with Gasteiger partial charge in [-0.3, -0.25) is 0 Å². The summed E-state index contributed by atoms with van der Waals surface area (Å²) in [5, 5.41) is 9.68. The van der Waals surface area contributed by atoms with E-state index < -0.39 is 11.7 Å². The normalized spacial score (nSPS) is 11.1. The molecule has 0 aliphatic carbocycles. The number of ether oxygens (including phenoxy) is 2. The summed E-state index contributed by atoms with van der Waals surface area (Å²) in [4.78, 5) is 0. The highest BCUT2D eigenvalue weighted by molar-refractivity contribution is 7.80. The first-order chi connectivity index (χ1) is 16.6. The number of rotatable bonds is 8. The van der Waals surface area contributed by atoms with Crippen LogP contribution in [-0.2, 0) is 12.6 Å². The Balaban J connectivity index is 1.76. The second kappa shape index (κ2) is 11.7. The molecule has 5 nitrogen and oxygen atoms in total. The van der Waals surface area contributed by atoms with E-state index in [9.17, 15) is 13.2 Å². The molecule has 0 aliphatic rings. The maximum absolute atomic E-state index is 13.3. The Kier molecular flexibility index (Phi) is 8.93. The Bertz CT molecular complexity index is 1210. The van der Waals surface area contributed by atoms with Gasteiger partial charge in [0.2, 0.25) is 0 Å². The van der Waals surface area contributed by atoms with E-state index in [4.69, 9.17) is 44.9 Å². The minimum Gasteiger partial charge on any atom is -0.493 e. The molecule has 0 aliphatic heterocycles. The second-order valence-corrected chi connectivity index (χ2v) is 8.58. The standard InChI is InChI=1S/C24H22Cl2F3N3O2S/c1-33-21-8-3-14(11-22(21)34-2)9-10-30-18-7-4-15(24(27,28)29)12-20(18)32-23(35)31-19-13-16(25)5-6-17(19)26/h3-8,11-13,30H,9-10H2,1-2H3,(H2,31,32,35). The first kappa shape index (κ1) is 26.7. The highest BCUT2D eigenvalue weighted by Gasteiger charge is 2.31. The summed E-state index contributed by atoms with van der Waals surface area (Å²) in [5.41, 5.74) is 1.17. The van der Waals surface area contributed by atoms with Crippen LogP contribution in [-0.4, -0.2) is 25.9 Å². The maximum Gasteiger partial charge on any atom is 0.416 e. The summed E-state index contributed by atoms with van der Waals surface area (Å²) < 4.78 is 50.6. The molecule has 0 saturated heterocycles. The summed E-state index contributed by atoms with van der Waals surface area (Å²) in [5.74, 6) is 1.21. The molecule has 11 heteroatoms. The molecule has 3 aromatic carbocycles. The summed E-state index contributed by atoms with van der Waals surface area (Å²) in [6, 6.07) is 13.6. The van der Waals surface area contributed by atoms with Crippen molar-refractivity contribution in [3.63, 3.8) is 0 Å². The number of methoxy groups -OCH3 is 2. The van der Waals surface area contributed by atoms with E-state index >= 15 is 0 Å². The average molecular weight is 544 g/mol. The lowest BCUT2D eigenvalue weighted by molar-refractivity contribution is -0.137. The fourth-order valence-corrected chi connectivity index (χ4v) is 3.78. The zero-order valence-electron chi connectivity index (χ0n) is 18.7. The van der Waals surface area contributed by atoms with Crippen LogP contribution in [0.3, 0.4) is 0 Å². The van der Waals surface area contributed by atoms with Crippen LogP contribution in [0.2, 0.25) is 10.0 Å². The van der Waals surface area contributed by atoms with Gasteiger partial charge in [0.1, 0.15) is 0 Å². The van der Waals surface area contributed by atoms with Crippen molar-refractivity contribution in [2.45, 2.75) is 12.6 Å². The third-order valence-corrected chi connectivity index (χ3v) is 5.72. The number of benzene rings is 3. The van der Waals surface area contributed by atoms with Crippen LogP contribution < -0.4 is 25.4 Å². The van der Waals surface area contributed by atoms with Crippen LogP contribution in [0.15, 0.2) is 54.6 Å². The lowest BCUT2D eigenvalue weighted by atomic mass is 10.1. The van der Waals surface area contributed by atoms with Crippen molar-refractivity contribution in [3.05, 3.63) is 75.8 Å². The Morgan fingerprint density at radius 3 is 2.26 bits per heavy atom. The average Bonchev–Trinajstić information content (AvgIpc) is 2.81. The number of nitrogens with one attached hydrogen (secondary N) is 3. The van der Waals surface area contributed by atoms with Crippen molar-refractivity contribution in [2.75, 3.05) is 36.7 Å². The second-order valence-electron chi connectivity index (χ2n) is 7.33. The number of thiocarbonyl (C=S) groups is 1. The largest absolute Gasteiger partial charge is 0.493 e. The third kappa shape index (κ3) is 7.30. The van der Waals surface area contributed by atoms with E-state index in [0.717, 1.165) is 17.7 Å². The van der Waals surface area contributed by atoms with Gasteiger partial charge in [0, 0.05) is 11.6 Å². The molecule has 0 unspecified atom stereocenters. The Hall–Kier alpha value is -2.88. The van der Waals surface area contributed by atoms with Crippen molar-refractivity contribution in [2.24, 2.45) is 0 Å². The quantitative estimate of drug-likeness (QED) is 0.256. The van der Waals surface area contributed by atoms with Gasteiger partial charge < -0.3 is 25.4 Å². The Labute approximate surface area is 216 Å². The van der Waals surface area contributed by atoms with Crippen molar-refractivity contribution in [1.82, 2.24) is 0 Å². The van der Waals surface area contributed by atoms with Gasteiger partial charge in [0.25, 0.3) is 0 Å². The zero-order valence-corrected chi connectivity index (χ0v) is 21.1. The van der Waals surface area contributed by atoms with Crippen LogP contribution in [0.25, 0.3) is 0 Å². The van der Waals surface area contributed by atoms with Gasteiger partial charge in [0.15, 0.2) is 16.6 Å². The van der Waals surface area contributed by atoms with Gasteiger partial charge in [-0.2, -0.15) is 13.2 Å². The summed E-state index contributed by atoms with van der Waals surface area (Å²) in [6.07, 6.45) is -3.93. The molecule has 0 saturated carbocycles. The smallest absolute Gasteiger partial charge is 0.416 e. The highest BCUT2D eigenvalue weighted by Crippen LogP contribution is 2.35. The molecular weight excluding hydrogens is 522 g/mol. The molecule has 3 N–H and O–H groups in total. The molecule has 0 spiro atoms. The van der Waals surface area contributed by atoms with Crippen molar-refractivity contribution in [1.29, 1.82) is 0 Å². The van der Waals surface area contributed by atoms with Crippen LogP contribution in [0, 0.1) is 0 Å². The van der Waals surface area contributed by atoms with Crippen LogP contribution in [0.1, 0.15) is 11.1 Å². The molecule has 3 aromatic rings. The van der Waals surface area contributed by atoms with E-state index in [1.54, 1.807) is 38.5 Å². The molecular formula is C24H22Cl2F3N3O2S. The minimum atomic E-state index is -4.51. The van der Waals surface area contributed by atoms with Gasteiger partial charge in [-0.1, -0.05) is 29.3 Å². The van der Waals surface area contributed by atoms with E-state index in [0.29, 0.717) is 45.9 Å². The molecule has 0 heterocycles.